The van der Waals surface area contributed by atoms with Crippen LogP contribution in [0.5, 0.6) is 0 Å². The van der Waals surface area contributed by atoms with Crippen molar-refractivity contribution < 1.29 is 22.5 Å². The summed E-state index contributed by atoms with van der Waals surface area (Å²) in [4.78, 5) is 24.6. The predicted molar refractivity (Wildman–Crippen MR) is 133 cm³/mol. The van der Waals surface area contributed by atoms with Crippen molar-refractivity contribution in [3.05, 3.63) is 77.2 Å². The number of hydrogen-bond acceptors (Lipinski definition) is 6. The number of ketones is 1. The molecule has 1 aromatic heterocycles. The topological polar surface area (TPSA) is 110 Å². The highest BCUT2D eigenvalue weighted by atomic mass is 32.2. The van der Waals surface area contributed by atoms with E-state index in [1.165, 1.54) is 11.2 Å². The molecule has 3 aromatic rings. The van der Waals surface area contributed by atoms with Gasteiger partial charge in [-0.05, 0) is 50.5 Å². The van der Waals surface area contributed by atoms with Crippen LogP contribution in [0.4, 0.5) is 5.69 Å². The Kier molecular flexibility index (Phi) is 7.28. The number of benzene rings is 2. The third-order valence-corrected chi connectivity index (χ3v) is 7.97. The van der Waals surface area contributed by atoms with Crippen LogP contribution in [0, 0.1) is 12.8 Å². The molecular formula is C26H27N3O5S. The number of nitrogens with zero attached hydrogens (tertiary/aromatic N) is 2. The van der Waals surface area contributed by atoms with E-state index in [2.05, 4.69) is 10.5 Å². The highest BCUT2D eigenvalue weighted by Gasteiger charge is 2.37. The molecule has 0 saturated carbocycles. The van der Waals surface area contributed by atoms with Crippen molar-refractivity contribution in [2.24, 2.45) is 5.92 Å². The normalized spacial score (nSPS) is 16.9. The minimum atomic E-state index is -3.94. The van der Waals surface area contributed by atoms with Gasteiger partial charge >= 0.3 is 0 Å². The van der Waals surface area contributed by atoms with Gasteiger partial charge in [0.1, 0.15) is 5.69 Å². The Labute approximate surface area is 204 Å². The number of aromatic nitrogens is 1. The molecule has 1 aliphatic rings. The Bertz CT molecular complexity index is 1360. The average molecular weight is 494 g/mol. The summed E-state index contributed by atoms with van der Waals surface area (Å²) >= 11 is 0. The van der Waals surface area contributed by atoms with Gasteiger partial charge in [0.2, 0.25) is 15.9 Å². The molecule has 9 heteroatoms. The maximum Gasteiger partial charge on any atom is 0.248 e. The summed E-state index contributed by atoms with van der Waals surface area (Å²) in [5.41, 5.74) is 2.17. The van der Waals surface area contributed by atoms with E-state index >= 15 is 0 Å². The largest absolute Gasteiger partial charge is 0.355 e. The lowest BCUT2D eigenvalue weighted by molar-refractivity contribution is -0.120. The molecule has 0 aliphatic carbocycles. The lowest BCUT2D eigenvalue weighted by atomic mass is 9.98. The van der Waals surface area contributed by atoms with E-state index in [0.29, 0.717) is 30.6 Å². The second-order valence-corrected chi connectivity index (χ2v) is 10.4. The van der Waals surface area contributed by atoms with Crippen LogP contribution in [0.25, 0.3) is 12.2 Å². The number of anilines is 1. The molecule has 1 N–H and O–H groups in total. The number of amides is 1. The van der Waals surface area contributed by atoms with Gasteiger partial charge in [0.15, 0.2) is 16.4 Å². The molecule has 1 atom stereocenters. The molecule has 4 rings (SSSR count). The summed E-state index contributed by atoms with van der Waals surface area (Å²) in [6, 6.07) is 16.2. The molecule has 1 fully saturated rings. The fourth-order valence-corrected chi connectivity index (χ4v) is 5.87. The lowest BCUT2D eigenvalue weighted by Gasteiger charge is -2.31. The summed E-state index contributed by atoms with van der Waals surface area (Å²) in [5, 5.41) is 6.70. The van der Waals surface area contributed by atoms with Crippen molar-refractivity contribution in [1.29, 1.82) is 0 Å². The van der Waals surface area contributed by atoms with Crippen LogP contribution in [-0.4, -0.2) is 42.7 Å². The van der Waals surface area contributed by atoms with E-state index in [1.54, 1.807) is 43.3 Å². The zero-order valence-electron chi connectivity index (χ0n) is 19.6. The lowest BCUT2D eigenvalue weighted by Crippen LogP contribution is -2.43. The zero-order chi connectivity index (χ0) is 25.0. The van der Waals surface area contributed by atoms with Gasteiger partial charge < -0.3 is 9.84 Å². The Morgan fingerprint density at radius 2 is 1.89 bits per heavy atom. The van der Waals surface area contributed by atoms with Crippen molar-refractivity contribution in [3.63, 3.8) is 0 Å². The van der Waals surface area contributed by atoms with E-state index in [9.17, 15) is 18.0 Å². The second kappa shape index (κ2) is 10.4. The molecule has 0 bridgehead atoms. The maximum absolute atomic E-state index is 13.6. The smallest absolute Gasteiger partial charge is 0.248 e. The third-order valence-electron chi connectivity index (χ3n) is 5.95. The molecule has 0 spiro atoms. The van der Waals surface area contributed by atoms with Crippen molar-refractivity contribution in [1.82, 2.24) is 9.46 Å². The van der Waals surface area contributed by atoms with Crippen molar-refractivity contribution in [3.8, 4) is 0 Å². The highest BCUT2D eigenvalue weighted by molar-refractivity contribution is 7.89. The Morgan fingerprint density at radius 1 is 1.11 bits per heavy atom. The van der Waals surface area contributed by atoms with Crippen LogP contribution in [0.2, 0.25) is 0 Å². The average Bonchev–Trinajstić information content (AvgIpc) is 3.24. The number of carbonyl (C=O) groups excluding carboxylic acids is 2. The van der Waals surface area contributed by atoms with Gasteiger partial charge in [-0.3, -0.25) is 9.59 Å². The summed E-state index contributed by atoms with van der Waals surface area (Å²) in [5.74, 6) is -0.754. The van der Waals surface area contributed by atoms with Crippen molar-refractivity contribution in [2.45, 2.75) is 31.6 Å². The molecule has 35 heavy (non-hydrogen) atoms. The molecule has 8 nitrogen and oxygen atoms in total. The Balaban J connectivity index is 1.52. The SMILES string of the molecule is CC(=O)c1cccc(NC(=O)[C@H]2CCCN(S(=O)(=O)c3c(C)noc3/C=C/c3ccccc3)C2)c1. The molecule has 182 valence electrons. The van der Waals surface area contributed by atoms with Crippen LogP contribution in [-0.2, 0) is 14.8 Å². The standard InChI is InChI=1S/C26H27N3O5S/c1-18-25(24(34-28-18)14-13-20-8-4-3-5-9-20)35(32,33)29-15-7-11-22(17-29)26(31)27-23-12-6-10-21(16-23)19(2)30/h3-6,8-10,12-14,16,22H,7,11,15,17H2,1-2H3,(H,27,31)/b14-13+/t22-/m0/s1. The first-order valence-electron chi connectivity index (χ1n) is 11.4. The van der Waals surface area contributed by atoms with Crippen LogP contribution < -0.4 is 5.32 Å². The molecule has 0 unspecified atom stereocenters. The third kappa shape index (κ3) is 5.58. The molecule has 1 saturated heterocycles. The van der Waals surface area contributed by atoms with Gasteiger partial charge in [0, 0.05) is 24.3 Å². The molecular weight excluding hydrogens is 466 g/mol. The van der Waals surface area contributed by atoms with E-state index in [0.717, 1.165) is 5.56 Å². The number of nitrogens with one attached hydrogen (secondary N) is 1. The first-order valence-corrected chi connectivity index (χ1v) is 12.8. The summed E-state index contributed by atoms with van der Waals surface area (Å²) in [6.07, 6.45) is 4.47. The van der Waals surface area contributed by atoms with E-state index in [1.807, 2.05) is 30.3 Å². The van der Waals surface area contributed by atoms with Crippen molar-refractivity contribution in [2.75, 3.05) is 18.4 Å². The molecule has 2 aromatic carbocycles. The number of rotatable bonds is 7. The van der Waals surface area contributed by atoms with Crippen LogP contribution >= 0.6 is 0 Å². The zero-order valence-corrected chi connectivity index (χ0v) is 20.4. The number of Topliss-reactive ketones (excluding diaryl/α,β-unsaturated/α-hetero) is 1. The number of carbonyl (C=O) groups is 2. The van der Waals surface area contributed by atoms with Gasteiger partial charge in [-0.15, -0.1) is 0 Å². The van der Waals surface area contributed by atoms with E-state index < -0.39 is 15.9 Å². The van der Waals surface area contributed by atoms with Gasteiger partial charge in [-0.2, -0.15) is 4.31 Å². The highest BCUT2D eigenvalue weighted by Crippen LogP contribution is 2.29. The fraction of sp³-hybridized carbons (Fsp3) is 0.269. The number of sulfonamides is 1. The molecule has 1 aliphatic heterocycles. The quantitative estimate of drug-likeness (QED) is 0.489. The van der Waals surface area contributed by atoms with Gasteiger partial charge in [-0.1, -0.05) is 53.7 Å². The number of piperidine rings is 1. The number of hydrogen-bond donors (Lipinski definition) is 1. The van der Waals surface area contributed by atoms with Crippen LogP contribution in [0.15, 0.2) is 64.0 Å². The summed E-state index contributed by atoms with van der Waals surface area (Å²) in [6.45, 7) is 3.40. The molecule has 2 heterocycles. The number of aryl methyl sites for hydroxylation is 1. The monoisotopic (exact) mass is 493 g/mol. The van der Waals surface area contributed by atoms with Crippen molar-refractivity contribution >= 4 is 39.6 Å². The summed E-state index contributed by atoms with van der Waals surface area (Å²) < 4.78 is 33.8. The first-order chi connectivity index (χ1) is 16.8. The fourth-order valence-electron chi connectivity index (χ4n) is 4.10. The van der Waals surface area contributed by atoms with Gasteiger partial charge in [0.25, 0.3) is 0 Å². The molecule has 0 radical (unpaired) electrons. The maximum atomic E-state index is 13.6. The Hall–Kier alpha value is -3.56. The minimum Gasteiger partial charge on any atom is -0.355 e. The summed E-state index contributed by atoms with van der Waals surface area (Å²) in [7, 11) is -3.94. The van der Waals surface area contributed by atoms with E-state index in [4.69, 9.17) is 4.52 Å². The second-order valence-electron chi connectivity index (χ2n) is 8.53. The van der Waals surface area contributed by atoms with Gasteiger partial charge in [-0.25, -0.2) is 8.42 Å². The predicted octanol–water partition coefficient (Wildman–Crippen LogP) is 4.40. The van der Waals surface area contributed by atoms with Gasteiger partial charge in [0.05, 0.1) is 5.92 Å². The minimum absolute atomic E-state index is 0.0138. The van der Waals surface area contributed by atoms with Crippen LogP contribution in [0.3, 0.4) is 0 Å². The van der Waals surface area contributed by atoms with Crippen LogP contribution in [0.1, 0.15) is 47.1 Å². The van der Waals surface area contributed by atoms with E-state index in [-0.39, 0.29) is 34.6 Å². The first kappa shape index (κ1) is 24.6. The molecule has 1 amide bonds. The Morgan fingerprint density at radius 3 is 2.63 bits per heavy atom.